The number of fused-ring (bicyclic) bond motifs is 1. The van der Waals surface area contributed by atoms with Crippen LogP contribution < -0.4 is 19.6 Å². The van der Waals surface area contributed by atoms with Crippen LogP contribution in [-0.4, -0.2) is 18.9 Å². The summed E-state index contributed by atoms with van der Waals surface area (Å²) in [4.78, 5) is 12.3. The second kappa shape index (κ2) is 9.07. The summed E-state index contributed by atoms with van der Waals surface area (Å²) < 4.78 is 16.4. The predicted octanol–water partition coefficient (Wildman–Crippen LogP) is 5.07. The molecule has 0 bridgehead atoms. The number of benzene rings is 3. The van der Waals surface area contributed by atoms with Crippen LogP contribution in [0.25, 0.3) is 0 Å². The van der Waals surface area contributed by atoms with Gasteiger partial charge in [-0.1, -0.05) is 41.4 Å². The minimum Gasteiger partial charge on any atom is -0.488 e. The second-order valence-corrected chi connectivity index (χ2v) is 7.17. The molecule has 3 aromatic rings. The molecule has 0 aliphatic carbocycles. The largest absolute Gasteiger partial charge is 0.488 e. The van der Waals surface area contributed by atoms with Crippen LogP contribution in [0.15, 0.2) is 65.8 Å². The fraction of sp³-hybridized carbons (Fsp3) is 0.0909. The van der Waals surface area contributed by atoms with E-state index >= 15 is 0 Å². The van der Waals surface area contributed by atoms with Gasteiger partial charge in [-0.2, -0.15) is 5.10 Å². The molecule has 152 valence electrons. The van der Waals surface area contributed by atoms with Crippen molar-refractivity contribution in [1.82, 2.24) is 5.43 Å². The van der Waals surface area contributed by atoms with Crippen molar-refractivity contribution in [2.75, 3.05) is 6.79 Å². The third-order valence-electron chi connectivity index (χ3n) is 4.32. The summed E-state index contributed by atoms with van der Waals surface area (Å²) in [5.74, 6) is 1.38. The molecule has 1 aliphatic heterocycles. The lowest BCUT2D eigenvalue weighted by Crippen LogP contribution is -2.17. The van der Waals surface area contributed by atoms with Crippen molar-refractivity contribution in [2.24, 2.45) is 5.10 Å². The molecule has 4 rings (SSSR count). The maximum absolute atomic E-state index is 12.3. The van der Waals surface area contributed by atoms with E-state index in [0.29, 0.717) is 38.4 Å². The Labute approximate surface area is 183 Å². The molecule has 3 aromatic carbocycles. The molecule has 6 nitrogen and oxygen atoms in total. The molecule has 8 heteroatoms. The molecule has 0 saturated carbocycles. The highest BCUT2D eigenvalue weighted by atomic mass is 35.5. The summed E-state index contributed by atoms with van der Waals surface area (Å²) in [5, 5.41) is 5.13. The van der Waals surface area contributed by atoms with Gasteiger partial charge in [-0.05, 0) is 42.5 Å². The lowest BCUT2D eigenvalue weighted by Gasteiger charge is -2.10. The first-order chi connectivity index (χ1) is 14.6. The van der Waals surface area contributed by atoms with Gasteiger partial charge in [0.1, 0.15) is 12.4 Å². The van der Waals surface area contributed by atoms with E-state index in [-0.39, 0.29) is 19.3 Å². The number of para-hydroxylation sites is 1. The third kappa shape index (κ3) is 4.67. The smallest absolute Gasteiger partial charge is 0.271 e. The Kier molecular flexibility index (Phi) is 6.07. The zero-order valence-corrected chi connectivity index (χ0v) is 17.1. The van der Waals surface area contributed by atoms with E-state index in [0.717, 1.165) is 5.56 Å². The summed E-state index contributed by atoms with van der Waals surface area (Å²) in [6.07, 6.45) is 1.52. The molecule has 1 heterocycles. The van der Waals surface area contributed by atoms with Crippen molar-refractivity contribution in [1.29, 1.82) is 0 Å². The van der Waals surface area contributed by atoms with Crippen LogP contribution in [0.5, 0.6) is 17.2 Å². The van der Waals surface area contributed by atoms with Crippen LogP contribution in [0.2, 0.25) is 10.0 Å². The minimum absolute atomic E-state index is 0.149. The van der Waals surface area contributed by atoms with Crippen molar-refractivity contribution >= 4 is 35.3 Å². The number of halogens is 2. The van der Waals surface area contributed by atoms with Gasteiger partial charge in [0.25, 0.3) is 5.91 Å². The summed E-state index contributed by atoms with van der Waals surface area (Å²) in [5.41, 5.74) is 4.42. The number of ether oxygens (including phenoxy) is 3. The van der Waals surface area contributed by atoms with E-state index < -0.39 is 0 Å². The SMILES string of the molecule is O=C(N/N=C\c1ccccc1OCc1ccc(Cl)cc1Cl)c1ccc2c(c1)OCO2. The van der Waals surface area contributed by atoms with Crippen LogP contribution in [-0.2, 0) is 6.61 Å². The zero-order valence-electron chi connectivity index (χ0n) is 15.6. The molecule has 0 fully saturated rings. The zero-order chi connectivity index (χ0) is 20.9. The summed E-state index contributed by atoms with van der Waals surface area (Å²) in [6, 6.07) is 17.5. The van der Waals surface area contributed by atoms with Crippen molar-refractivity contribution in [2.45, 2.75) is 6.61 Å². The third-order valence-corrected chi connectivity index (χ3v) is 4.91. The maximum Gasteiger partial charge on any atom is 0.271 e. The Balaban J connectivity index is 1.41. The summed E-state index contributed by atoms with van der Waals surface area (Å²) >= 11 is 12.1. The maximum atomic E-state index is 12.3. The van der Waals surface area contributed by atoms with Crippen molar-refractivity contribution in [3.63, 3.8) is 0 Å². The standard InChI is InChI=1S/C22H16Cl2N2O4/c23-17-7-5-16(18(24)10-17)12-28-19-4-2-1-3-15(19)11-25-26-22(27)14-6-8-20-21(9-14)30-13-29-20/h1-11H,12-13H2,(H,26,27)/b25-11-. The fourth-order valence-corrected chi connectivity index (χ4v) is 3.24. The van der Waals surface area contributed by atoms with Crippen LogP contribution in [0.4, 0.5) is 0 Å². The second-order valence-electron chi connectivity index (χ2n) is 6.33. The molecule has 0 radical (unpaired) electrons. The first kappa shape index (κ1) is 20.1. The highest BCUT2D eigenvalue weighted by Gasteiger charge is 2.16. The van der Waals surface area contributed by atoms with Crippen LogP contribution in [0.1, 0.15) is 21.5 Å². The lowest BCUT2D eigenvalue weighted by molar-refractivity contribution is 0.0954. The highest BCUT2D eigenvalue weighted by Crippen LogP contribution is 2.32. The molecule has 0 atom stereocenters. The first-order valence-electron chi connectivity index (χ1n) is 8.99. The molecule has 1 amide bonds. The van der Waals surface area contributed by atoms with Crippen LogP contribution in [0, 0.1) is 0 Å². The Bertz CT molecular complexity index is 1120. The van der Waals surface area contributed by atoms with Crippen LogP contribution >= 0.6 is 23.2 Å². The van der Waals surface area contributed by atoms with E-state index in [4.69, 9.17) is 37.4 Å². The van der Waals surface area contributed by atoms with Gasteiger partial charge < -0.3 is 14.2 Å². The van der Waals surface area contributed by atoms with E-state index in [9.17, 15) is 4.79 Å². The first-order valence-corrected chi connectivity index (χ1v) is 9.74. The molecular weight excluding hydrogens is 427 g/mol. The lowest BCUT2D eigenvalue weighted by atomic mass is 10.2. The number of rotatable bonds is 6. The molecule has 0 aromatic heterocycles. The average Bonchev–Trinajstić information content (AvgIpc) is 3.22. The Morgan fingerprint density at radius 1 is 1.07 bits per heavy atom. The molecular formula is C22H16Cl2N2O4. The number of hydrogen-bond acceptors (Lipinski definition) is 5. The van der Waals surface area contributed by atoms with Gasteiger partial charge in [0.2, 0.25) is 6.79 Å². The Morgan fingerprint density at radius 2 is 1.90 bits per heavy atom. The highest BCUT2D eigenvalue weighted by molar-refractivity contribution is 6.35. The van der Waals surface area contributed by atoms with E-state index in [2.05, 4.69) is 10.5 Å². The summed E-state index contributed by atoms with van der Waals surface area (Å²) in [7, 11) is 0. The van der Waals surface area contributed by atoms with Crippen molar-refractivity contribution in [3.8, 4) is 17.2 Å². The molecule has 1 aliphatic rings. The quantitative estimate of drug-likeness (QED) is 0.427. The fourth-order valence-electron chi connectivity index (χ4n) is 2.78. The topological polar surface area (TPSA) is 69.2 Å². The molecule has 1 N–H and O–H groups in total. The number of hydrogen-bond donors (Lipinski definition) is 1. The van der Waals surface area contributed by atoms with Gasteiger partial charge in [0, 0.05) is 26.7 Å². The normalized spacial score (nSPS) is 12.2. The van der Waals surface area contributed by atoms with Gasteiger partial charge in [0.05, 0.1) is 6.21 Å². The number of carbonyl (C=O) groups excluding carboxylic acids is 1. The molecule has 0 saturated heterocycles. The number of amides is 1. The van der Waals surface area contributed by atoms with Gasteiger partial charge in [0.15, 0.2) is 11.5 Å². The number of nitrogens with one attached hydrogen (secondary N) is 1. The Hall–Kier alpha value is -3.22. The van der Waals surface area contributed by atoms with Crippen molar-refractivity contribution in [3.05, 3.63) is 87.4 Å². The minimum atomic E-state index is -0.365. The number of carbonyl (C=O) groups is 1. The van der Waals surface area contributed by atoms with E-state index in [1.807, 2.05) is 30.3 Å². The van der Waals surface area contributed by atoms with E-state index in [1.54, 1.807) is 30.3 Å². The predicted molar refractivity (Wildman–Crippen MR) is 115 cm³/mol. The van der Waals surface area contributed by atoms with Gasteiger partial charge in [-0.3, -0.25) is 4.79 Å². The van der Waals surface area contributed by atoms with Gasteiger partial charge in [-0.15, -0.1) is 0 Å². The van der Waals surface area contributed by atoms with Gasteiger partial charge in [-0.25, -0.2) is 5.43 Å². The van der Waals surface area contributed by atoms with E-state index in [1.165, 1.54) is 6.21 Å². The average molecular weight is 443 g/mol. The molecule has 0 spiro atoms. The van der Waals surface area contributed by atoms with Gasteiger partial charge >= 0.3 is 0 Å². The monoisotopic (exact) mass is 442 g/mol. The van der Waals surface area contributed by atoms with Crippen molar-refractivity contribution < 1.29 is 19.0 Å². The molecule has 30 heavy (non-hydrogen) atoms. The number of hydrazone groups is 1. The number of nitrogens with zero attached hydrogens (tertiary/aromatic N) is 1. The molecule has 0 unspecified atom stereocenters. The van der Waals surface area contributed by atoms with Crippen LogP contribution in [0.3, 0.4) is 0 Å². The summed E-state index contributed by atoms with van der Waals surface area (Å²) in [6.45, 7) is 0.418. The Morgan fingerprint density at radius 3 is 2.77 bits per heavy atom.